The highest BCUT2D eigenvalue weighted by Crippen LogP contribution is 2.22. The van der Waals surface area contributed by atoms with Crippen LogP contribution in [-0.4, -0.2) is 38.5 Å². The van der Waals surface area contributed by atoms with Gasteiger partial charge in [0, 0.05) is 24.8 Å². The van der Waals surface area contributed by atoms with Gasteiger partial charge < -0.3 is 24.9 Å². The molecule has 216 valence electrons. The van der Waals surface area contributed by atoms with Crippen molar-refractivity contribution in [3.8, 4) is 0 Å². The van der Waals surface area contributed by atoms with Crippen molar-refractivity contribution in [2.45, 2.75) is 57.9 Å². The number of benzene rings is 3. The SMILES string of the molecule is C[C@H](OCc1ccccc1)[C@@H](CCn1ccc2ccc(NC(=O)CCCc3ccccc3)cc21)NC(=O)c1cnc[nH]1. The number of carbonyl (C=O) groups is 2. The van der Waals surface area contributed by atoms with Crippen LogP contribution in [0.1, 0.15) is 47.8 Å². The lowest BCUT2D eigenvalue weighted by Gasteiger charge is -2.26. The van der Waals surface area contributed by atoms with Gasteiger partial charge in [-0.15, -0.1) is 0 Å². The molecule has 0 saturated carbocycles. The van der Waals surface area contributed by atoms with Gasteiger partial charge in [-0.2, -0.15) is 0 Å². The van der Waals surface area contributed by atoms with E-state index in [0.29, 0.717) is 31.7 Å². The number of imidazole rings is 1. The van der Waals surface area contributed by atoms with Crippen LogP contribution in [-0.2, 0) is 29.1 Å². The zero-order valence-electron chi connectivity index (χ0n) is 23.8. The quantitative estimate of drug-likeness (QED) is 0.152. The number of rotatable bonds is 14. The van der Waals surface area contributed by atoms with Crippen molar-refractivity contribution in [3.63, 3.8) is 0 Å². The van der Waals surface area contributed by atoms with Crippen LogP contribution in [0.25, 0.3) is 10.9 Å². The molecular formula is C34H37N5O3. The lowest BCUT2D eigenvalue weighted by molar-refractivity contribution is -0.116. The van der Waals surface area contributed by atoms with Crippen molar-refractivity contribution in [2.75, 3.05) is 5.32 Å². The largest absolute Gasteiger partial charge is 0.372 e. The molecule has 3 aromatic carbocycles. The highest BCUT2D eigenvalue weighted by molar-refractivity contribution is 5.94. The first-order chi connectivity index (χ1) is 20.5. The average Bonchev–Trinajstić information content (AvgIpc) is 3.70. The molecular weight excluding hydrogens is 526 g/mol. The number of carbonyl (C=O) groups excluding carboxylic acids is 2. The van der Waals surface area contributed by atoms with E-state index in [4.69, 9.17) is 4.74 Å². The smallest absolute Gasteiger partial charge is 0.269 e. The van der Waals surface area contributed by atoms with Gasteiger partial charge >= 0.3 is 0 Å². The molecule has 0 aliphatic carbocycles. The van der Waals surface area contributed by atoms with Crippen LogP contribution < -0.4 is 10.6 Å². The van der Waals surface area contributed by atoms with E-state index >= 15 is 0 Å². The molecule has 3 N–H and O–H groups in total. The lowest BCUT2D eigenvalue weighted by Crippen LogP contribution is -2.44. The van der Waals surface area contributed by atoms with Gasteiger partial charge in [0.2, 0.25) is 5.91 Å². The maximum absolute atomic E-state index is 12.9. The second-order valence-corrected chi connectivity index (χ2v) is 10.5. The molecule has 2 aromatic heterocycles. The first kappa shape index (κ1) is 28.8. The number of nitrogens with one attached hydrogen (secondary N) is 3. The van der Waals surface area contributed by atoms with Crippen LogP contribution in [0.5, 0.6) is 0 Å². The molecule has 8 nitrogen and oxygen atoms in total. The van der Waals surface area contributed by atoms with E-state index in [-0.39, 0.29) is 24.0 Å². The molecule has 0 saturated heterocycles. The zero-order chi connectivity index (χ0) is 29.1. The van der Waals surface area contributed by atoms with Gasteiger partial charge in [-0.25, -0.2) is 4.98 Å². The van der Waals surface area contributed by atoms with E-state index in [0.717, 1.165) is 35.0 Å². The van der Waals surface area contributed by atoms with Crippen LogP contribution in [0.2, 0.25) is 0 Å². The molecule has 0 bridgehead atoms. The fraction of sp³-hybridized carbons (Fsp3) is 0.265. The van der Waals surface area contributed by atoms with Crippen LogP contribution in [0.4, 0.5) is 5.69 Å². The number of fused-ring (bicyclic) bond motifs is 1. The second kappa shape index (κ2) is 14.3. The van der Waals surface area contributed by atoms with Gasteiger partial charge in [0.05, 0.1) is 36.8 Å². The molecule has 42 heavy (non-hydrogen) atoms. The number of aryl methyl sites for hydroxylation is 2. The average molecular weight is 564 g/mol. The molecule has 5 rings (SSSR count). The topological polar surface area (TPSA) is 101 Å². The summed E-state index contributed by atoms with van der Waals surface area (Å²) in [5.74, 6) is -0.211. The molecule has 0 fully saturated rings. The normalized spacial score (nSPS) is 12.6. The third-order valence-corrected chi connectivity index (χ3v) is 7.43. The summed E-state index contributed by atoms with van der Waals surface area (Å²) >= 11 is 0. The Morgan fingerprint density at radius 2 is 1.74 bits per heavy atom. The lowest BCUT2D eigenvalue weighted by atomic mass is 10.1. The predicted octanol–water partition coefficient (Wildman–Crippen LogP) is 6.12. The summed E-state index contributed by atoms with van der Waals surface area (Å²) in [6.45, 7) is 3.10. The molecule has 0 aliphatic rings. The maximum atomic E-state index is 12.9. The van der Waals surface area contributed by atoms with Gasteiger partial charge in [-0.3, -0.25) is 9.59 Å². The minimum atomic E-state index is -0.241. The Balaban J connectivity index is 1.21. The molecule has 2 heterocycles. The summed E-state index contributed by atoms with van der Waals surface area (Å²) in [5.41, 5.74) is 4.52. The number of hydrogen-bond donors (Lipinski definition) is 3. The van der Waals surface area contributed by atoms with Gasteiger partial charge in [0.15, 0.2) is 0 Å². The first-order valence-electron chi connectivity index (χ1n) is 14.4. The Bertz CT molecular complexity index is 1570. The molecule has 0 aliphatic heterocycles. The number of aromatic amines is 1. The third-order valence-electron chi connectivity index (χ3n) is 7.43. The molecule has 0 unspecified atom stereocenters. The van der Waals surface area contributed by atoms with Gasteiger partial charge in [-0.1, -0.05) is 66.7 Å². The molecule has 2 atom stereocenters. The standard InChI is InChI=1S/C34H37N5O3/c1-25(42-23-27-11-6-3-7-12-27)30(38-34(41)31-22-35-24-36-31)18-20-39-19-17-28-15-16-29(21-32(28)39)37-33(40)14-8-13-26-9-4-2-5-10-26/h2-7,9-12,15-17,19,21-22,24-25,30H,8,13-14,18,20,23H2,1H3,(H,35,36)(H,37,40)(H,38,41)/t25-,30+/m0/s1. The van der Waals surface area contributed by atoms with E-state index in [1.165, 1.54) is 18.1 Å². The minimum absolute atomic E-state index is 0.00867. The Kier molecular flexibility index (Phi) is 9.80. The molecule has 0 radical (unpaired) electrons. The summed E-state index contributed by atoms with van der Waals surface area (Å²) in [7, 11) is 0. The molecule has 0 spiro atoms. The molecule has 2 amide bonds. The number of nitrogens with zero attached hydrogens (tertiary/aromatic N) is 2. The number of amides is 2. The highest BCUT2D eigenvalue weighted by atomic mass is 16.5. The number of hydrogen-bond acceptors (Lipinski definition) is 4. The van der Waals surface area contributed by atoms with Crippen molar-refractivity contribution in [1.82, 2.24) is 19.9 Å². The van der Waals surface area contributed by atoms with E-state index in [9.17, 15) is 9.59 Å². The third kappa shape index (κ3) is 7.95. The summed E-state index contributed by atoms with van der Waals surface area (Å²) in [6.07, 6.45) is 7.60. The van der Waals surface area contributed by atoms with Gasteiger partial charge in [-0.05, 0) is 60.9 Å². The van der Waals surface area contributed by atoms with Crippen LogP contribution in [0.3, 0.4) is 0 Å². The number of H-pyrrole nitrogens is 1. The zero-order valence-corrected chi connectivity index (χ0v) is 23.8. The fourth-order valence-corrected chi connectivity index (χ4v) is 5.02. The van der Waals surface area contributed by atoms with Crippen molar-refractivity contribution in [2.24, 2.45) is 0 Å². The van der Waals surface area contributed by atoms with Crippen molar-refractivity contribution < 1.29 is 14.3 Å². The molecule has 5 aromatic rings. The van der Waals surface area contributed by atoms with E-state index < -0.39 is 0 Å². The molecule has 8 heteroatoms. The minimum Gasteiger partial charge on any atom is -0.372 e. The predicted molar refractivity (Wildman–Crippen MR) is 165 cm³/mol. The monoisotopic (exact) mass is 563 g/mol. The van der Waals surface area contributed by atoms with Gasteiger partial charge in [0.1, 0.15) is 5.69 Å². The number of ether oxygens (including phenoxy) is 1. The number of anilines is 1. The van der Waals surface area contributed by atoms with E-state index in [1.54, 1.807) is 0 Å². The van der Waals surface area contributed by atoms with Crippen LogP contribution in [0.15, 0.2) is 104 Å². The first-order valence-corrected chi connectivity index (χ1v) is 14.4. The summed E-state index contributed by atoms with van der Waals surface area (Å²) < 4.78 is 8.34. The van der Waals surface area contributed by atoms with Crippen LogP contribution >= 0.6 is 0 Å². The number of aromatic nitrogens is 3. The van der Waals surface area contributed by atoms with Crippen LogP contribution in [0, 0.1) is 0 Å². The second-order valence-electron chi connectivity index (χ2n) is 10.5. The summed E-state index contributed by atoms with van der Waals surface area (Å²) in [5, 5.41) is 7.27. The Morgan fingerprint density at radius 3 is 2.48 bits per heavy atom. The van der Waals surface area contributed by atoms with Crippen molar-refractivity contribution in [3.05, 3.63) is 120 Å². The highest BCUT2D eigenvalue weighted by Gasteiger charge is 2.22. The maximum Gasteiger partial charge on any atom is 0.269 e. The Morgan fingerprint density at radius 1 is 0.976 bits per heavy atom. The fourth-order valence-electron chi connectivity index (χ4n) is 5.02. The Labute approximate surface area is 246 Å². The van der Waals surface area contributed by atoms with E-state index in [2.05, 4.69) is 43.4 Å². The van der Waals surface area contributed by atoms with Crippen molar-refractivity contribution in [1.29, 1.82) is 0 Å². The van der Waals surface area contributed by atoms with E-state index in [1.807, 2.05) is 79.9 Å². The Hall–Kier alpha value is -4.69. The summed E-state index contributed by atoms with van der Waals surface area (Å²) in [6, 6.07) is 28.0. The van der Waals surface area contributed by atoms with Gasteiger partial charge in [0.25, 0.3) is 5.91 Å². The van der Waals surface area contributed by atoms with Crippen molar-refractivity contribution >= 4 is 28.4 Å². The summed E-state index contributed by atoms with van der Waals surface area (Å²) in [4.78, 5) is 32.4.